The fourth-order valence-electron chi connectivity index (χ4n) is 0.954. The van der Waals surface area contributed by atoms with Crippen LogP contribution in [0.4, 0.5) is 8.78 Å². The minimum Gasteiger partial charge on any atom is -0.323 e. The zero-order valence-corrected chi connectivity index (χ0v) is 4.53. The highest BCUT2D eigenvalue weighted by molar-refractivity contribution is 4.86. The van der Waals surface area contributed by atoms with Gasteiger partial charge in [0.25, 0.3) is 5.92 Å². The molecule has 1 unspecified atom stereocenters. The van der Waals surface area contributed by atoms with E-state index in [4.69, 9.17) is 5.73 Å². The van der Waals surface area contributed by atoms with Gasteiger partial charge in [-0.05, 0) is 12.8 Å². The molecule has 0 aliphatic heterocycles. The Labute approximate surface area is 46.9 Å². The van der Waals surface area contributed by atoms with Crippen molar-refractivity contribution < 1.29 is 8.78 Å². The molecule has 1 saturated carbocycles. The van der Waals surface area contributed by atoms with Crippen LogP contribution in [0.15, 0.2) is 0 Å². The summed E-state index contributed by atoms with van der Waals surface area (Å²) in [5, 5.41) is 0. The van der Waals surface area contributed by atoms with Crippen LogP contribution in [-0.2, 0) is 0 Å². The lowest BCUT2D eigenvalue weighted by Crippen LogP contribution is -2.34. The van der Waals surface area contributed by atoms with Gasteiger partial charge in [0.05, 0.1) is 6.04 Å². The third-order valence-electron chi connectivity index (χ3n) is 1.57. The third kappa shape index (κ3) is 0.823. The molecule has 0 spiro atoms. The van der Waals surface area contributed by atoms with Crippen LogP contribution in [-0.4, -0.2) is 12.0 Å². The molecule has 3 heteroatoms. The zero-order valence-electron chi connectivity index (χ0n) is 4.53. The Kier molecular flexibility index (Phi) is 1.23. The van der Waals surface area contributed by atoms with Crippen molar-refractivity contribution in [2.45, 2.75) is 31.2 Å². The Morgan fingerprint density at radius 1 is 1.50 bits per heavy atom. The van der Waals surface area contributed by atoms with Crippen molar-refractivity contribution in [3.63, 3.8) is 0 Å². The molecule has 0 aromatic carbocycles. The summed E-state index contributed by atoms with van der Waals surface area (Å²) in [5.74, 6) is -2.57. The predicted molar refractivity (Wildman–Crippen MR) is 26.8 cm³/mol. The largest absolute Gasteiger partial charge is 0.323 e. The Morgan fingerprint density at radius 2 is 2.12 bits per heavy atom. The Balaban J connectivity index is 2.54. The van der Waals surface area contributed by atoms with Gasteiger partial charge in [-0.3, -0.25) is 0 Å². The molecule has 1 rings (SSSR count). The van der Waals surface area contributed by atoms with Gasteiger partial charge in [0, 0.05) is 6.42 Å². The topological polar surface area (TPSA) is 26.0 Å². The number of hydrogen-bond donors (Lipinski definition) is 1. The highest BCUT2D eigenvalue weighted by Gasteiger charge is 2.40. The molecule has 1 fully saturated rings. The molecule has 1 aliphatic rings. The van der Waals surface area contributed by atoms with E-state index in [1.165, 1.54) is 0 Å². The van der Waals surface area contributed by atoms with Crippen LogP contribution in [0.5, 0.6) is 0 Å². The molecule has 0 aromatic heterocycles. The Morgan fingerprint density at radius 3 is 2.25 bits per heavy atom. The monoisotopic (exact) mass is 121 g/mol. The minimum absolute atomic E-state index is 0.0197. The van der Waals surface area contributed by atoms with E-state index in [-0.39, 0.29) is 6.42 Å². The van der Waals surface area contributed by atoms with E-state index in [1.807, 2.05) is 0 Å². The molecule has 1 aliphatic carbocycles. The first-order chi connectivity index (χ1) is 3.63. The van der Waals surface area contributed by atoms with Crippen LogP contribution in [0.3, 0.4) is 0 Å². The summed E-state index contributed by atoms with van der Waals surface area (Å²) in [6.45, 7) is 0. The maximum Gasteiger partial charge on any atom is 0.262 e. The molecular weight excluding hydrogens is 112 g/mol. The molecule has 0 heterocycles. The van der Waals surface area contributed by atoms with Crippen molar-refractivity contribution in [2.75, 3.05) is 0 Å². The van der Waals surface area contributed by atoms with Gasteiger partial charge >= 0.3 is 0 Å². The van der Waals surface area contributed by atoms with Crippen molar-refractivity contribution in [2.24, 2.45) is 5.73 Å². The van der Waals surface area contributed by atoms with E-state index < -0.39 is 12.0 Å². The lowest BCUT2D eigenvalue weighted by molar-refractivity contribution is -0.00644. The van der Waals surface area contributed by atoms with Crippen LogP contribution >= 0.6 is 0 Å². The van der Waals surface area contributed by atoms with E-state index in [9.17, 15) is 8.78 Å². The molecule has 0 amide bonds. The smallest absolute Gasteiger partial charge is 0.262 e. The van der Waals surface area contributed by atoms with Crippen LogP contribution in [0.1, 0.15) is 19.3 Å². The maximum absolute atomic E-state index is 12.2. The van der Waals surface area contributed by atoms with Crippen molar-refractivity contribution in [1.82, 2.24) is 0 Å². The lowest BCUT2D eigenvalue weighted by atomic mass is 10.2. The van der Waals surface area contributed by atoms with Crippen molar-refractivity contribution in [3.8, 4) is 0 Å². The van der Waals surface area contributed by atoms with Gasteiger partial charge in [-0.2, -0.15) is 0 Å². The van der Waals surface area contributed by atoms with E-state index in [1.54, 1.807) is 0 Å². The standard InChI is InChI=1S/C5H9F2N/c6-5(7)3-1-2-4(5)8/h4H,1-3,8H2. The lowest BCUT2D eigenvalue weighted by Gasteiger charge is -2.12. The van der Waals surface area contributed by atoms with Gasteiger partial charge in [0.15, 0.2) is 0 Å². The highest BCUT2D eigenvalue weighted by atomic mass is 19.3. The SMILES string of the molecule is NC1CCCC1(F)F. The fourth-order valence-corrected chi connectivity index (χ4v) is 0.954. The number of nitrogens with two attached hydrogens (primary N) is 1. The second kappa shape index (κ2) is 1.65. The Hall–Kier alpha value is -0.180. The summed E-state index contributed by atoms with van der Waals surface area (Å²) >= 11 is 0. The molecule has 0 saturated heterocycles. The van der Waals surface area contributed by atoms with Crippen molar-refractivity contribution in [3.05, 3.63) is 0 Å². The van der Waals surface area contributed by atoms with Crippen molar-refractivity contribution >= 4 is 0 Å². The van der Waals surface area contributed by atoms with Gasteiger partial charge in [0.1, 0.15) is 0 Å². The second-order valence-electron chi connectivity index (χ2n) is 2.26. The zero-order chi connectivity index (χ0) is 6.20. The van der Waals surface area contributed by atoms with Crippen molar-refractivity contribution in [1.29, 1.82) is 0 Å². The molecule has 0 bridgehead atoms. The van der Waals surface area contributed by atoms with Crippen LogP contribution in [0, 0.1) is 0 Å². The summed E-state index contributed by atoms with van der Waals surface area (Å²) in [4.78, 5) is 0. The van der Waals surface area contributed by atoms with Gasteiger partial charge in [-0.1, -0.05) is 0 Å². The van der Waals surface area contributed by atoms with Crippen LogP contribution in [0.2, 0.25) is 0 Å². The average Bonchev–Trinajstić information content (AvgIpc) is 1.86. The molecule has 2 N–H and O–H groups in total. The maximum atomic E-state index is 12.2. The van der Waals surface area contributed by atoms with Gasteiger partial charge in [-0.15, -0.1) is 0 Å². The number of alkyl halides is 2. The molecule has 0 aromatic rings. The summed E-state index contributed by atoms with van der Waals surface area (Å²) < 4.78 is 24.4. The molecule has 8 heavy (non-hydrogen) atoms. The summed E-state index contributed by atoms with van der Waals surface area (Å²) in [5.41, 5.74) is 5.06. The van der Waals surface area contributed by atoms with Gasteiger partial charge in [-0.25, -0.2) is 8.78 Å². The van der Waals surface area contributed by atoms with Crippen LogP contribution < -0.4 is 5.73 Å². The first-order valence-corrected chi connectivity index (χ1v) is 2.76. The molecule has 0 radical (unpaired) electrons. The van der Waals surface area contributed by atoms with Crippen LogP contribution in [0.25, 0.3) is 0 Å². The average molecular weight is 121 g/mol. The normalized spacial score (nSPS) is 35.6. The van der Waals surface area contributed by atoms with E-state index in [0.717, 1.165) is 0 Å². The summed E-state index contributed by atoms with van der Waals surface area (Å²) in [7, 11) is 0. The van der Waals surface area contributed by atoms with E-state index in [2.05, 4.69) is 0 Å². The quantitative estimate of drug-likeness (QED) is 0.510. The van der Waals surface area contributed by atoms with E-state index in [0.29, 0.717) is 12.8 Å². The highest BCUT2D eigenvalue weighted by Crippen LogP contribution is 2.33. The molecule has 1 atom stereocenters. The summed E-state index contributed by atoms with van der Waals surface area (Å²) in [6, 6.07) is -0.873. The first-order valence-electron chi connectivity index (χ1n) is 2.76. The number of rotatable bonds is 0. The number of hydrogen-bond acceptors (Lipinski definition) is 1. The van der Waals surface area contributed by atoms with Gasteiger partial charge < -0.3 is 5.73 Å². The summed E-state index contributed by atoms with van der Waals surface area (Å²) in [6.07, 6.45) is 1.04. The first kappa shape index (κ1) is 5.95. The fraction of sp³-hybridized carbons (Fsp3) is 1.00. The predicted octanol–water partition coefficient (Wildman–Crippen LogP) is 1.13. The molecule has 1 nitrogen and oxygen atoms in total. The number of halogens is 2. The second-order valence-corrected chi connectivity index (χ2v) is 2.26. The van der Waals surface area contributed by atoms with E-state index >= 15 is 0 Å². The third-order valence-corrected chi connectivity index (χ3v) is 1.57. The molecular formula is C5H9F2N. The Bertz CT molecular complexity index is 92.4. The van der Waals surface area contributed by atoms with Gasteiger partial charge in [0.2, 0.25) is 0 Å². The molecule has 48 valence electrons. The minimum atomic E-state index is -2.57.